The molecule has 0 saturated heterocycles. The summed E-state index contributed by atoms with van der Waals surface area (Å²) >= 11 is 0. The van der Waals surface area contributed by atoms with Crippen LogP contribution in [0.3, 0.4) is 0 Å². The zero-order valence-corrected chi connectivity index (χ0v) is 14.4. The van der Waals surface area contributed by atoms with Crippen molar-refractivity contribution in [1.82, 2.24) is 4.98 Å². The van der Waals surface area contributed by atoms with Crippen LogP contribution in [-0.2, 0) is 6.42 Å². The number of amides is 1. The molecule has 0 aliphatic rings. The first-order valence-corrected chi connectivity index (χ1v) is 8.20. The Kier molecular flexibility index (Phi) is 5.74. The average Bonchev–Trinajstić information content (AvgIpc) is 2.58. The maximum absolute atomic E-state index is 12.6. The fraction of sp³-hybridized carbons (Fsp3) is 0.368. The molecule has 1 N–H and O–H groups in total. The standard InChI is InChI=1S/C19H25N3O/c1-5-15-10-8-9-14(4)18(15)21-19(23)16-11-17(13-20-12-16)22(6-2)7-3/h8-13H,5-7H2,1-4H3,(H,21,23). The van der Waals surface area contributed by atoms with Gasteiger partial charge in [0.25, 0.3) is 5.91 Å². The van der Waals surface area contributed by atoms with Crippen molar-refractivity contribution < 1.29 is 4.79 Å². The van der Waals surface area contributed by atoms with Gasteiger partial charge in [-0.1, -0.05) is 25.1 Å². The van der Waals surface area contributed by atoms with Gasteiger partial charge in [-0.05, 0) is 44.4 Å². The first-order valence-electron chi connectivity index (χ1n) is 8.20. The number of aryl methyl sites for hydroxylation is 2. The van der Waals surface area contributed by atoms with E-state index in [1.54, 1.807) is 12.4 Å². The minimum Gasteiger partial charge on any atom is -0.371 e. The highest BCUT2D eigenvalue weighted by Gasteiger charge is 2.12. The number of aromatic nitrogens is 1. The highest BCUT2D eigenvalue weighted by atomic mass is 16.1. The predicted octanol–water partition coefficient (Wildman–Crippen LogP) is 4.05. The van der Waals surface area contributed by atoms with Gasteiger partial charge in [0.15, 0.2) is 0 Å². The van der Waals surface area contributed by atoms with E-state index in [2.05, 4.69) is 36.0 Å². The Labute approximate surface area is 138 Å². The molecule has 122 valence electrons. The Bertz CT molecular complexity index is 678. The van der Waals surface area contributed by atoms with Crippen LogP contribution in [0.5, 0.6) is 0 Å². The van der Waals surface area contributed by atoms with Crippen molar-refractivity contribution in [3.8, 4) is 0 Å². The van der Waals surface area contributed by atoms with E-state index in [0.717, 1.165) is 42.0 Å². The van der Waals surface area contributed by atoms with Crippen LogP contribution in [0.4, 0.5) is 11.4 Å². The number of hydrogen-bond donors (Lipinski definition) is 1. The second-order valence-corrected chi connectivity index (χ2v) is 5.52. The third-order valence-corrected chi connectivity index (χ3v) is 4.09. The van der Waals surface area contributed by atoms with Crippen LogP contribution in [0.2, 0.25) is 0 Å². The van der Waals surface area contributed by atoms with Crippen LogP contribution in [0.1, 0.15) is 42.3 Å². The molecule has 0 unspecified atom stereocenters. The van der Waals surface area contributed by atoms with Gasteiger partial charge >= 0.3 is 0 Å². The van der Waals surface area contributed by atoms with Crippen molar-refractivity contribution in [3.05, 3.63) is 53.3 Å². The number of pyridine rings is 1. The van der Waals surface area contributed by atoms with E-state index in [1.807, 2.05) is 31.2 Å². The normalized spacial score (nSPS) is 10.4. The van der Waals surface area contributed by atoms with Gasteiger partial charge in [-0.2, -0.15) is 0 Å². The lowest BCUT2D eigenvalue weighted by atomic mass is 10.1. The van der Waals surface area contributed by atoms with E-state index in [1.165, 1.54) is 0 Å². The van der Waals surface area contributed by atoms with Crippen molar-refractivity contribution in [3.63, 3.8) is 0 Å². The lowest BCUT2D eigenvalue weighted by Gasteiger charge is -2.21. The Morgan fingerprint density at radius 2 is 1.91 bits per heavy atom. The molecule has 0 atom stereocenters. The molecule has 0 fully saturated rings. The van der Waals surface area contributed by atoms with Gasteiger partial charge in [-0.15, -0.1) is 0 Å². The van der Waals surface area contributed by atoms with Crippen molar-refractivity contribution in [1.29, 1.82) is 0 Å². The summed E-state index contributed by atoms with van der Waals surface area (Å²) in [6.07, 6.45) is 4.30. The summed E-state index contributed by atoms with van der Waals surface area (Å²) in [6, 6.07) is 7.98. The molecule has 2 rings (SSSR count). The number of nitrogens with zero attached hydrogens (tertiary/aromatic N) is 2. The molecule has 0 aliphatic carbocycles. The van der Waals surface area contributed by atoms with Gasteiger partial charge in [-0.3, -0.25) is 9.78 Å². The molecule has 23 heavy (non-hydrogen) atoms. The number of para-hydroxylation sites is 1. The van der Waals surface area contributed by atoms with E-state index >= 15 is 0 Å². The zero-order chi connectivity index (χ0) is 16.8. The minimum atomic E-state index is -0.115. The average molecular weight is 311 g/mol. The lowest BCUT2D eigenvalue weighted by Crippen LogP contribution is -2.23. The predicted molar refractivity (Wildman–Crippen MR) is 96.3 cm³/mol. The molecule has 0 bridgehead atoms. The lowest BCUT2D eigenvalue weighted by molar-refractivity contribution is 0.102. The van der Waals surface area contributed by atoms with Gasteiger partial charge in [0.2, 0.25) is 0 Å². The fourth-order valence-electron chi connectivity index (χ4n) is 2.70. The Morgan fingerprint density at radius 3 is 2.57 bits per heavy atom. The molecular weight excluding hydrogens is 286 g/mol. The zero-order valence-electron chi connectivity index (χ0n) is 14.4. The molecular formula is C19H25N3O. The van der Waals surface area contributed by atoms with Gasteiger partial charge in [0.05, 0.1) is 17.4 Å². The molecule has 0 radical (unpaired) electrons. The highest BCUT2D eigenvalue weighted by Crippen LogP contribution is 2.22. The summed E-state index contributed by atoms with van der Waals surface area (Å²) in [5.74, 6) is -0.115. The number of nitrogens with one attached hydrogen (secondary N) is 1. The van der Waals surface area contributed by atoms with E-state index in [4.69, 9.17) is 0 Å². The molecule has 0 aliphatic heterocycles. The van der Waals surface area contributed by atoms with Crippen LogP contribution < -0.4 is 10.2 Å². The largest absolute Gasteiger partial charge is 0.371 e. The maximum Gasteiger partial charge on any atom is 0.257 e. The van der Waals surface area contributed by atoms with Gasteiger partial charge in [-0.25, -0.2) is 0 Å². The number of rotatable bonds is 6. The molecule has 2 aromatic rings. The van der Waals surface area contributed by atoms with E-state index in [0.29, 0.717) is 5.56 Å². The number of anilines is 2. The minimum absolute atomic E-state index is 0.115. The van der Waals surface area contributed by atoms with Crippen molar-refractivity contribution in [2.75, 3.05) is 23.3 Å². The van der Waals surface area contributed by atoms with E-state index in [-0.39, 0.29) is 5.91 Å². The summed E-state index contributed by atoms with van der Waals surface area (Å²) in [6.45, 7) is 10.1. The topological polar surface area (TPSA) is 45.2 Å². The molecule has 4 heteroatoms. The molecule has 4 nitrogen and oxygen atoms in total. The molecule has 1 aromatic carbocycles. The maximum atomic E-state index is 12.6. The first-order chi connectivity index (χ1) is 11.1. The molecule has 0 spiro atoms. The molecule has 1 amide bonds. The van der Waals surface area contributed by atoms with Gasteiger partial charge in [0, 0.05) is 25.0 Å². The number of carbonyl (C=O) groups is 1. The smallest absolute Gasteiger partial charge is 0.257 e. The number of carbonyl (C=O) groups excluding carboxylic acids is 1. The molecule has 1 heterocycles. The van der Waals surface area contributed by atoms with Crippen LogP contribution >= 0.6 is 0 Å². The summed E-state index contributed by atoms with van der Waals surface area (Å²) in [4.78, 5) is 19.0. The third-order valence-electron chi connectivity index (χ3n) is 4.09. The van der Waals surface area contributed by atoms with Crippen LogP contribution in [-0.4, -0.2) is 24.0 Å². The highest BCUT2D eigenvalue weighted by molar-refractivity contribution is 6.05. The summed E-state index contributed by atoms with van der Waals surface area (Å²) < 4.78 is 0. The summed E-state index contributed by atoms with van der Waals surface area (Å²) in [7, 11) is 0. The third kappa shape index (κ3) is 3.89. The first kappa shape index (κ1) is 17.0. The molecule has 1 aromatic heterocycles. The van der Waals surface area contributed by atoms with Crippen molar-refractivity contribution >= 4 is 17.3 Å². The Morgan fingerprint density at radius 1 is 1.17 bits per heavy atom. The SMILES string of the molecule is CCc1cccc(C)c1NC(=O)c1cncc(N(CC)CC)c1. The van der Waals surface area contributed by atoms with E-state index < -0.39 is 0 Å². The van der Waals surface area contributed by atoms with Crippen LogP contribution in [0.15, 0.2) is 36.7 Å². The van der Waals surface area contributed by atoms with Gasteiger partial charge < -0.3 is 10.2 Å². The Hall–Kier alpha value is -2.36. The van der Waals surface area contributed by atoms with Gasteiger partial charge in [0.1, 0.15) is 0 Å². The summed E-state index contributed by atoms with van der Waals surface area (Å²) in [5.41, 5.74) is 4.69. The fourth-order valence-corrected chi connectivity index (χ4v) is 2.70. The quantitative estimate of drug-likeness (QED) is 0.875. The monoisotopic (exact) mass is 311 g/mol. The van der Waals surface area contributed by atoms with Crippen LogP contribution in [0.25, 0.3) is 0 Å². The van der Waals surface area contributed by atoms with Crippen molar-refractivity contribution in [2.45, 2.75) is 34.1 Å². The second-order valence-electron chi connectivity index (χ2n) is 5.52. The Balaban J connectivity index is 2.27. The van der Waals surface area contributed by atoms with Crippen LogP contribution in [0, 0.1) is 6.92 Å². The number of benzene rings is 1. The molecule has 0 saturated carbocycles. The van der Waals surface area contributed by atoms with Crippen molar-refractivity contribution in [2.24, 2.45) is 0 Å². The second kappa shape index (κ2) is 7.77. The van der Waals surface area contributed by atoms with E-state index in [9.17, 15) is 4.79 Å². The summed E-state index contributed by atoms with van der Waals surface area (Å²) in [5, 5.41) is 3.05. The number of hydrogen-bond acceptors (Lipinski definition) is 3.